The molecular formula is C23H29ClFN3O5S. The molecule has 1 atom stereocenters. The minimum Gasteiger partial charge on any atom is -0.497 e. The predicted molar refractivity (Wildman–Crippen MR) is 130 cm³/mol. The Balaban J connectivity index is 2.40. The number of sulfonamides is 1. The quantitative estimate of drug-likeness (QED) is 0.498. The van der Waals surface area contributed by atoms with Crippen LogP contribution in [-0.4, -0.2) is 57.6 Å². The number of ether oxygens (including phenoxy) is 1. The molecular weight excluding hydrogens is 485 g/mol. The number of carbonyl (C=O) groups excluding carboxylic acids is 2. The zero-order valence-electron chi connectivity index (χ0n) is 19.5. The number of methoxy groups -OCH3 is 1. The highest BCUT2D eigenvalue weighted by Gasteiger charge is 2.30. The fourth-order valence-corrected chi connectivity index (χ4v) is 4.22. The summed E-state index contributed by atoms with van der Waals surface area (Å²) in [5.41, 5.74) is 0.727. The second-order valence-electron chi connectivity index (χ2n) is 7.71. The molecule has 0 aliphatic heterocycles. The van der Waals surface area contributed by atoms with Crippen LogP contribution in [0.2, 0.25) is 5.02 Å². The molecule has 0 saturated heterocycles. The van der Waals surface area contributed by atoms with E-state index in [0.717, 1.165) is 29.1 Å². The number of hydrogen-bond acceptors (Lipinski definition) is 5. The molecule has 34 heavy (non-hydrogen) atoms. The molecule has 2 aromatic carbocycles. The van der Waals surface area contributed by atoms with E-state index in [0.29, 0.717) is 17.9 Å². The van der Waals surface area contributed by atoms with Crippen molar-refractivity contribution in [2.24, 2.45) is 0 Å². The van der Waals surface area contributed by atoms with E-state index in [4.69, 9.17) is 16.3 Å². The first kappa shape index (κ1) is 27.4. The molecule has 186 valence electrons. The van der Waals surface area contributed by atoms with Gasteiger partial charge in [0.2, 0.25) is 21.8 Å². The van der Waals surface area contributed by atoms with E-state index in [1.807, 2.05) is 6.92 Å². The van der Waals surface area contributed by atoms with E-state index in [1.165, 1.54) is 18.1 Å². The summed E-state index contributed by atoms with van der Waals surface area (Å²) in [5, 5.41) is 2.48. The van der Waals surface area contributed by atoms with Gasteiger partial charge in [-0.3, -0.25) is 13.9 Å². The Kier molecular flexibility index (Phi) is 9.69. The third-order valence-corrected chi connectivity index (χ3v) is 6.50. The zero-order chi connectivity index (χ0) is 25.5. The average Bonchev–Trinajstić information content (AvgIpc) is 2.80. The van der Waals surface area contributed by atoms with Gasteiger partial charge in [-0.05, 0) is 49.2 Å². The maximum Gasteiger partial charge on any atom is 0.244 e. The van der Waals surface area contributed by atoms with E-state index < -0.39 is 34.3 Å². The summed E-state index contributed by atoms with van der Waals surface area (Å²) in [6, 6.07) is 9.49. The lowest BCUT2D eigenvalue weighted by Crippen LogP contribution is -2.51. The van der Waals surface area contributed by atoms with Crippen molar-refractivity contribution < 1.29 is 27.1 Å². The van der Waals surface area contributed by atoms with E-state index in [1.54, 1.807) is 31.2 Å². The fraction of sp³-hybridized carbons (Fsp3) is 0.391. The lowest BCUT2D eigenvalue weighted by molar-refractivity contribution is -0.139. The number of carbonyl (C=O) groups is 2. The van der Waals surface area contributed by atoms with Crippen molar-refractivity contribution in [2.75, 3.05) is 30.8 Å². The first-order valence-electron chi connectivity index (χ1n) is 10.6. The lowest BCUT2D eigenvalue weighted by atomic mass is 10.1. The maximum absolute atomic E-state index is 13.6. The molecule has 0 spiro atoms. The van der Waals surface area contributed by atoms with Crippen molar-refractivity contribution in [2.45, 2.75) is 32.9 Å². The summed E-state index contributed by atoms with van der Waals surface area (Å²) in [6.07, 6.45) is 1.65. The number of hydrogen-bond donors (Lipinski definition) is 1. The second-order valence-corrected chi connectivity index (χ2v) is 10.0. The van der Waals surface area contributed by atoms with Crippen molar-refractivity contribution in [3.63, 3.8) is 0 Å². The second kappa shape index (κ2) is 12.0. The summed E-state index contributed by atoms with van der Waals surface area (Å²) in [7, 11) is -2.42. The number of benzene rings is 2. The Morgan fingerprint density at radius 1 is 1.21 bits per heavy atom. The molecule has 0 aliphatic carbocycles. The van der Waals surface area contributed by atoms with Crippen molar-refractivity contribution in [3.8, 4) is 5.75 Å². The van der Waals surface area contributed by atoms with Gasteiger partial charge >= 0.3 is 0 Å². The highest BCUT2D eigenvalue weighted by molar-refractivity contribution is 7.92. The van der Waals surface area contributed by atoms with Gasteiger partial charge in [-0.15, -0.1) is 0 Å². The van der Waals surface area contributed by atoms with Gasteiger partial charge in [-0.2, -0.15) is 0 Å². The number of anilines is 1. The summed E-state index contributed by atoms with van der Waals surface area (Å²) >= 11 is 5.83. The Hall–Kier alpha value is -2.85. The molecule has 0 aliphatic rings. The number of halogens is 2. The Labute approximate surface area is 204 Å². The average molecular weight is 514 g/mol. The molecule has 0 radical (unpaired) electrons. The minimum absolute atomic E-state index is 0.0340. The van der Waals surface area contributed by atoms with Gasteiger partial charge in [0.1, 0.15) is 24.2 Å². The number of nitrogens with zero attached hydrogens (tertiary/aromatic N) is 2. The van der Waals surface area contributed by atoms with E-state index in [9.17, 15) is 22.4 Å². The fourth-order valence-electron chi connectivity index (χ4n) is 3.20. The predicted octanol–water partition coefficient (Wildman–Crippen LogP) is 3.20. The summed E-state index contributed by atoms with van der Waals surface area (Å²) in [4.78, 5) is 27.4. The van der Waals surface area contributed by atoms with Crippen molar-refractivity contribution in [1.82, 2.24) is 10.2 Å². The van der Waals surface area contributed by atoms with Crippen LogP contribution >= 0.6 is 11.6 Å². The molecule has 8 nitrogen and oxygen atoms in total. The van der Waals surface area contributed by atoms with Crippen LogP contribution in [0.4, 0.5) is 10.1 Å². The summed E-state index contributed by atoms with van der Waals surface area (Å²) in [5.74, 6) is -1.13. The molecule has 2 rings (SSSR count). The molecule has 0 saturated carbocycles. The minimum atomic E-state index is -3.94. The van der Waals surface area contributed by atoms with Gasteiger partial charge in [0, 0.05) is 13.1 Å². The topological polar surface area (TPSA) is 96.0 Å². The highest BCUT2D eigenvalue weighted by Crippen LogP contribution is 2.25. The van der Waals surface area contributed by atoms with Crippen LogP contribution in [0.3, 0.4) is 0 Å². The first-order chi connectivity index (χ1) is 16.0. The van der Waals surface area contributed by atoms with Gasteiger partial charge in [-0.25, -0.2) is 12.8 Å². The third-order valence-electron chi connectivity index (χ3n) is 5.07. The Morgan fingerprint density at radius 3 is 2.50 bits per heavy atom. The molecule has 0 fully saturated rings. The van der Waals surface area contributed by atoms with Crippen LogP contribution in [-0.2, 0) is 26.2 Å². The molecule has 2 aromatic rings. The van der Waals surface area contributed by atoms with Crippen LogP contribution < -0.4 is 14.4 Å². The molecule has 0 bridgehead atoms. The molecule has 1 unspecified atom stereocenters. The smallest absolute Gasteiger partial charge is 0.244 e. The van der Waals surface area contributed by atoms with Crippen LogP contribution in [0, 0.1) is 5.82 Å². The molecule has 0 heterocycles. The van der Waals surface area contributed by atoms with Gasteiger partial charge in [0.25, 0.3) is 0 Å². The standard InChI is InChI=1S/C23H29ClFN3O5S/c1-5-11-26-23(30)16(2)27(14-17-7-6-8-19(12-17)33-3)22(29)15-28(34(4,31)32)18-9-10-21(25)20(24)13-18/h6-10,12-13,16H,5,11,14-15H2,1-4H3,(H,26,30). The SMILES string of the molecule is CCCNC(=O)C(C)N(Cc1cccc(OC)c1)C(=O)CN(c1ccc(F)c(Cl)c1)S(C)(=O)=O. The first-order valence-corrected chi connectivity index (χ1v) is 12.8. The van der Waals surface area contributed by atoms with Gasteiger partial charge in [-0.1, -0.05) is 30.7 Å². The van der Waals surface area contributed by atoms with Gasteiger partial charge in [0.05, 0.1) is 24.1 Å². The van der Waals surface area contributed by atoms with Gasteiger partial charge < -0.3 is 15.0 Å². The van der Waals surface area contributed by atoms with Crippen molar-refractivity contribution in [1.29, 1.82) is 0 Å². The lowest BCUT2D eigenvalue weighted by Gasteiger charge is -2.31. The van der Waals surface area contributed by atoms with Crippen LogP contribution in [0.15, 0.2) is 42.5 Å². The normalized spacial score (nSPS) is 12.1. The van der Waals surface area contributed by atoms with Crippen molar-refractivity contribution >= 4 is 39.1 Å². The largest absolute Gasteiger partial charge is 0.497 e. The van der Waals surface area contributed by atoms with E-state index >= 15 is 0 Å². The van der Waals surface area contributed by atoms with E-state index in [-0.39, 0.29) is 23.2 Å². The molecule has 11 heteroatoms. The third kappa shape index (κ3) is 7.33. The highest BCUT2D eigenvalue weighted by atomic mass is 35.5. The van der Waals surface area contributed by atoms with Gasteiger partial charge in [0.15, 0.2) is 0 Å². The Bertz CT molecular complexity index is 1130. The maximum atomic E-state index is 13.6. The summed E-state index contributed by atoms with van der Waals surface area (Å²) in [6.45, 7) is 3.35. The van der Waals surface area contributed by atoms with Crippen LogP contribution in [0.1, 0.15) is 25.8 Å². The van der Waals surface area contributed by atoms with Crippen LogP contribution in [0.25, 0.3) is 0 Å². The number of rotatable bonds is 11. The van der Waals surface area contributed by atoms with E-state index in [2.05, 4.69) is 5.32 Å². The number of nitrogens with one attached hydrogen (secondary N) is 1. The Morgan fingerprint density at radius 2 is 1.91 bits per heavy atom. The number of amides is 2. The zero-order valence-corrected chi connectivity index (χ0v) is 21.1. The molecule has 2 amide bonds. The monoisotopic (exact) mass is 513 g/mol. The summed E-state index contributed by atoms with van der Waals surface area (Å²) < 4.78 is 44.7. The van der Waals surface area contributed by atoms with Crippen molar-refractivity contribution in [3.05, 3.63) is 58.9 Å². The van der Waals surface area contributed by atoms with Crippen LogP contribution in [0.5, 0.6) is 5.75 Å². The molecule has 1 N–H and O–H groups in total. The molecule has 0 aromatic heterocycles.